The first-order chi connectivity index (χ1) is 12.6. The Bertz CT molecular complexity index is 800. The number of nitrogens with one attached hydrogen (secondary N) is 1. The van der Waals surface area contributed by atoms with Crippen LogP contribution < -0.4 is 5.32 Å². The van der Waals surface area contributed by atoms with E-state index < -0.39 is 10.3 Å². The summed E-state index contributed by atoms with van der Waals surface area (Å²) in [6, 6.07) is 6.51. The van der Waals surface area contributed by atoms with E-state index in [1.54, 1.807) is 18.3 Å². The molecule has 1 aromatic heterocycles. The van der Waals surface area contributed by atoms with E-state index in [9.17, 15) is 14.9 Å². The van der Waals surface area contributed by atoms with Gasteiger partial charge in [0.2, 0.25) is 5.91 Å². The first kappa shape index (κ1) is 17.1. The standard InChI is InChI=1S/C19H21N3O3S/c23-17(21-18-20-10-11-26-18)19(12-16(19)13-4-2-1-3-5-13)14-6-8-15(9-7-14)22(24)25/h6-11,13,16H,1-5,12H2,(H,20,21,23)/t16-,19-/m0/s1. The van der Waals surface area contributed by atoms with Crippen molar-refractivity contribution in [2.24, 2.45) is 11.8 Å². The van der Waals surface area contributed by atoms with Crippen molar-refractivity contribution in [2.75, 3.05) is 5.32 Å². The van der Waals surface area contributed by atoms with E-state index in [2.05, 4.69) is 10.3 Å². The molecule has 0 bridgehead atoms. The number of nitro groups is 1. The summed E-state index contributed by atoms with van der Waals surface area (Å²) in [4.78, 5) is 27.9. The van der Waals surface area contributed by atoms with E-state index in [1.165, 1.54) is 55.6 Å². The molecule has 1 amide bonds. The molecule has 7 heteroatoms. The number of carbonyl (C=O) groups is 1. The third-order valence-corrected chi connectivity index (χ3v) is 6.57. The third kappa shape index (κ3) is 3.00. The maximum absolute atomic E-state index is 13.2. The fraction of sp³-hybridized carbons (Fsp3) is 0.474. The number of carbonyl (C=O) groups excluding carboxylic acids is 1. The highest BCUT2D eigenvalue weighted by Gasteiger charge is 2.63. The molecule has 2 aromatic rings. The van der Waals surface area contributed by atoms with Crippen molar-refractivity contribution in [3.63, 3.8) is 0 Å². The minimum Gasteiger partial charge on any atom is -0.301 e. The lowest BCUT2D eigenvalue weighted by atomic mass is 9.80. The number of rotatable bonds is 5. The Kier molecular flexibility index (Phi) is 4.48. The van der Waals surface area contributed by atoms with E-state index >= 15 is 0 Å². The van der Waals surface area contributed by atoms with E-state index in [0.717, 1.165) is 12.0 Å². The number of benzene rings is 1. The van der Waals surface area contributed by atoms with E-state index in [0.29, 0.717) is 17.0 Å². The first-order valence-electron chi connectivity index (χ1n) is 9.07. The molecule has 0 radical (unpaired) electrons. The van der Waals surface area contributed by atoms with Crippen molar-refractivity contribution in [1.82, 2.24) is 4.98 Å². The average molecular weight is 371 g/mol. The summed E-state index contributed by atoms with van der Waals surface area (Å²) in [5.41, 5.74) is 0.356. The summed E-state index contributed by atoms with van der Waals surface area (Å²) < 4.78 is 0. The Morgan fingerprint density at radius 2 is 1.96 bits per heavy atom. The van der Waals surface area contributed by atoms with Crippen LogP contribution in [0.4, 0.5) is 10.8 Å². The van der Waals surface area contributed by atoms with Crippen molar-refractivity contribution in [1.29, 1.82) is 0 Å². The van der Waals surface area contributed by atoms with Gasteiger partial charge in [0.1, 0.15) is 0 Å². The van der Waals surface area contributed by atoms with Crippen LogP contribution in [0.2, 0.25) is 0 Å². The lowest BCUT2D eigenvalue weighted by Gasteiger charge is -2.25. The van der Waals surface area contributed by atoms with Gasteiger partial charge in [-0.05, 0) is 23.8 Å². The molecule has 2 aliphatic rings. The van der Waals surface area contributed by atoms with Crippen LogP contribution in [-0.4, -0.2) is 15.8 Å². The molecular formula is C19H21N3O3S. The van der Waals surface area contributed by atoms with Crippen molar-refractivity contribution >= 4 is 28.1 Å². The number of anilines is 1. The van der Waals surface area contributed by atoms with Crippen LogP contribution in [0.15, 0.2) is 35.8 Å². The summed E-state index contributed by atoms with van der Waals surface area (Å²) in [7, 11) is 0. The van der Waals surface area contributed by atoms with Gasteiger partial charge in [-0.2, -0.15) is 0 Å². The third-order valence-electron chi connectivity index (χ3n) is 5.88. The highest BCUT2D eigenvalue weighted by Crippen LogP contribution is 2.61. The predicted octanol–water partition coefficient (Wildman–Crippen LogP) is 4.53. The smallest absolute Gasteiger partial charge is 0.269 e. The molecule has 0 aliphatic heterocycles. The normalized spacial score (nSPS) is 25.6. The minimum absolute atomic E-state index is 0.0307. The van der Waals surface area contributed by atoms with Gasteiger partial charge in [0.05, 0.1) is 10.3 Å². The summed E-state index contributed by atoms with van der Waals surface area (Å²) in [6.45, 7) is 0. The maximum atomic E-state index is 13.2. The van der Waals surface area contributed by atoms with Crippen LogP contribution in [-0.2, 0) is 10.2 Å². The molecule has 1 N–H and O–H groups in total. The predicted molar refractivity (Wildman–Crippen MR) is 100 cm³/mol. The Labute approximate surface area is 155 Å². The van der Waals surface area contributed by atoms with Crippen molar-refractivity contribution < 1.29 is 9.72 Å². The Morgan fingerprint density at radius 3 is 2.58 bits per heavy atom. The van der Waals surface area contributed by atoms with Gasteiger partial charge in [0, 0.05) is 23.7 Å². The molecule has 1 heterocycles. The zero-order chi connectivity index (χ0) is 18.1. The average Bonchev–Trinajstić information content (AvgIpc) is 3.24. The molecule has 1 aromatic carbocycles. The molecule has 2 atom stereocenters. The highest BCUT2D eigenvalue weighted by atomic mass is 32.1. The Balaban J connectivity index is 1.63. The van der Waals surface area contributed by atoms with Crippen molar-refractivity contribution in [3.05, 3.63) is 51.5 Å². The first-order valence-corrected chi connectivity index (χ1v) is 9.95. The number of aromatic nitrogens is 1. The van der Waals surface area contributed by atoms with Gasteiger partial charge in [-0.25, -0.2) is 4.98 Å². The van der Waals surface area contributed by atoms with Gasteiger partial charge in [-0.3, -0.25) is 14.9 Å². The molecular weight excluding hydrogens is 350 g/mol. The highest BCUT2D eigenvalue weighted by molar-refractivity contribution is 7.13. The SMILES string of the molecule is O=C(Nc1nccs1)[C@]1(c2ccc([N+](=O)[O-])cc2)C[C@H]1C1CCCCC1. The number of amides is 1. The number of hydrogen-bond donors (Lipinski definition) is 1. The number of nitrogens with zero attached hydrogens (tertiary/aromatic N) is 2. The molecule has 26 heavy (non-hydrogen) atoms. The van der Waals surface area contributed by atoms with Gasteiger partial charge in [0.25, 0.3) is 5.69 Å². The number of thiazole rings is 1. The van der Waals surface area contributed by atoms with E-state index in [4.69, 9.17) is 0 Å². The summed E-state index contributed by atoms with van der Waals surface area (Å²) in [5, 5.41) is 16.4. The number of nitro benzene ring substituents is 1. The topological polar surface area (TPSA) is 85.1 Å². The monoisotopic (exact) mass is 371 g/mol. The largest absolute Gasteiger partial charge is 0.301 e. The molecule has 2 aliphatic carbocycles. The van der Waals surface area contributed by atoms with Crippen LogP contribution in [0, 0.1) is 22.0 Å². The van der Waals surface area contributed by atoms with Gasteiger partial charge in [-0.15, -0.1) is 11.3 Å². The lowest BCUT2D eigenvalue weighted by molar-refractivity contribution is -0.384. The van der Waals surface area contributed by atoms with Gasteiger partial charge < -0.3 is 5.32 Å². The molecule has 6 nitrogen and oxygen atoms in total. The van der Waals surface area contributed by atoms with E-state index in [-0.39, 0.29) is 11.6 Å². The maximum Gasteiger partial charge on any atom is 0.269 e. The van der Waals surface area contributed by atoms with Crippen LogP contribution in [0.1, 0.15) is 44.1 Å². The summed E-state index contributed by atoms with van der Waals surface area (Å²) in [5.74, 6) is 0.835. The molecule has 0 saturated heterocycles. The molecule has 0 spiro atoms. The number of non-ortho nitro benzene ring substituents is 1. The molecule has 0 unspecified atom stereocenters. The zero-order valence-corrected chi connectivity index (χ0v) is 15.2. The summed E-state index contributed by atoms with van der Waals surface area (Å²) in [6.07, 6.45) is 8.56. The summed E-state index contributed by atoms with van der Waals surface area (Å²) >= 11 is 1.40. The second kappa shape index (κ2) is 6.79. The van der Waals surface area contributed by atoms with Crippen LogP contribution >= 0.6 is 11.3 Å². The zero-order valence-electron chi connectivity index (χ0n) is 14.4. The number of hydrogen-bond acceptors (Lipinski definition) is 5. The van der Waals surface area contributed by atoms with Crippen molar-refractivity contribution in [3.8, 4) is 0 Å². The fourth-order valence-electron chi connectivity index (χ4n) is 4.49. The Hall–Kier alpha value is -2.28. The minimum atomic E-state index is -0.581. The fourth-order valence-corrected chi connectivity index (χ4v) is 5.02. The van der Waals surface area contributed by atoms with Crippen LogP contribution in [0.3, 0.4) is 0 Å². The van der Waals surface area contributed by atoms with Crippen LogP contribution in [0.25, 0.3) is 0 Å². The van der Waals surface area contributed by atoms with Gasteiger partial charge in [-0.1, -0.05) is 44.2 Å². The Morgan fingerprint density at radius 1 is 1.23 bits per heavy atom. The van der Waals surface area contributed by atoms with Gasteiger partial charge >= 0.3 is 0 Å². The molecule has 2 saturated carbocycles. The van der Waals surface area contributed by atoms with E-state index in [1.807, 2.05) is 5.38 Å². The second-order valence-corrected chi connectivity index (χ2v) is 8.17. The lowest BCUT2D eigenvalue weighted by Crippen LogP contribution is -2.32. The van der Waals surface area contributed by atoms with Crippen molar-refractivity contribution in [2.45, 2.75) is 43.9 Å². The molecule has 4 rings (SSSR count). The molecule has 2 fully saturated rings. The van der Waals surface area contributed by atoms with Crippen LogP contribution in [0.5, 0.6) is 0 Å². The second-order valence-electron chi connectivity index (χ2n) is 7.28. The van der Waals surface area contributed by atoms with Gasteiger partial charge in [0.15, 0.2) is 5.13 Å². The quantitative estimate of drug-likeness (QED) is 0.618. The molecule has 136 valence electrons.